The lowest BCUT2D eigenvalue weighted by molar-refractivity contribution is 0.0692. The van der Waals surface area contributed by atoms with Crippen LogP contribution >= 0.6 is 0 Å². The first kappa shape index (κ1) is 13.2. The van der Waals surface area contributed by atoms with E-state index in [1.807, 2.05) is 6.92 Å². The minimum Gasteiger partial charge on any atom is -0.478 e. The standard InChI is InChI=1S/C11H15FN2O3/c1-2-14(3-4-15)10-6-8(12)7(11(16)17)5-9(10)13/h5-6,15H,2-4,13H2,1H3,(H,16,17). The molecule has 0 saturated carbocycles. The fourth-order valence-electron chi connectivity index (χ4n) is 1.59. The van der Waals surface area contributed by atoms with Gasteiger partial charge in [-0.15, -0.1) is 0 Å². The van der Waals surface area contributed by atoms with Gasteiger partial charge < -0.3 is 20.8 Å². The SMILES string of the molecule is CCN(CCO)c1cc(F)c(C(=O)O)cc1N. The number of likely N-dealkylation sites (N-methyl/N-ethyl adjacent to an activating group) is 1. The Balaban J connectivity index is 3.18. The van der Waals surface area contributed by atoms with Crippen LogP contribution < -0.4 is 10.6 Å². The van der Waals surface area contributed by atoms with Gasteiger partial charge in [-0.2, -0.15) is 0 Å². The highest BCUT2D eigenvalue weighted by Crippen LogP contribution is 2.26. The second kappa shape index (κ2) is 5.49. The van der Waals surface area contributed by atoms with Crippen LogP contribution in [0.1, 0.15) is 17.3 Å². The number of hydrogen-bond donors (Lipinski definition) is 3. The van der Waals surface area contributed by atoms with Gasteiger partial charge in [0.05, 0.1) is 23.5 Å². The number of carbonyl (C=O) groups is 1. The molecule has 0 aromatic heterocycles. The van der Waals surface area contributed by atoms with Crippen molar-refractivity contribution in [2.24, 2.45) is 0 Å². The van der Waals surface area contributed by atoms with E-state index in [1.165, 1.54) is 0 Å². The number of aromatic carboxylic acids is 1. The van der Waals surface area contributed by atoms with Crippen LogP contribution in [0.25, 0.3) is 0 Å². The summed E-state index contributed by atoms with van der Waals surface area (Å²) < 4.78 is 13.5. The van der Waals surface area contributed by atoms with Gasteiger partial charge in [-0.3, -0.25) is 0 Å². The average Bonchev–Trinajstić information content (AvgIpc) is 2.28. The number of aliphatic hydroxyl groups excluding tert-OH is 1. The van der Waals surface area contributed by atoms with Crippen LogP contribution in [0.5, 0.6) is 0 Å². The summed E-state index contributed by atoms with van der Waals surface area (Å²) in [6.07, 6.45) is 0. The van der Waals surface area contributed by atoms with Gasteiger partial charge in [0, 0.05) is 19.2 Å². The van der Waals surface area contributed by atoms with Crippen LogP contribution in [0.2, 0.25) is 0 Å². The Morgan fingerprint density at radius 3 is 2.65 bits per heavy atom. The van der Waals surface area contributed by atoms with Crippen LogP contribution in [0, 0.1) is 5.82 Å². The van der Waals surface area contributed by atoms with Gasteiger partial charge in [-0.05, 0) is 13.0 Å². The van der Waals surface area contributed by atoms with E-state index in [2.05, 4.69) is 0 Å². The first-order valence-electron chi connectivity index (χ1n) is 5.19. The van der Waals surface area contributed by atoms with Crippen molar-refractivity contribution in [2.45, 2.75) is 6.92 Å². The number of nitrogens with zero attached hydrogens (tertiary/aromatic N) is 1. The van der Waals surface area contributed by atoms with Crippen molar-refractivity contribution in [1.29, 1.82) is 0 Å². The molecule has 0 aliphatic rings. The van der Waals surface area contributed by atoms with Gasteiger partial charge >= 0.3 is 5.97 Å². The van der Waals surface area contributed by atoms with E-state index in [0.717, 1.165) is 12.1 Å². The van der Waals surface area contributed by atoms with E-state index >= 15 is 0 Å². The predicted octanol–water partition coefficient (Wildman–Crippen LogP) is 0.925. The first-order chi connectivity index (χ1) is 8.01. The van der Waals surface area contributed by atoms with Crippen molar-refractivity contribution in [3.05, 3.63) is 23.5 Å². The van der Waals surface area contributed by atoms with Crippen molar-refractivity contribution in [2.75, 3.05) is 30.3 Å². The molecule has 1 aromatic carbocycles. The highest BCUT2D eigenvalue weighted by Gasteiger charge is 2.16. The Kier molecular flexibility index (Phi) is 4.28. The zero-order chi connectivity index (χ0) is 13.0. The summed E-state index contributed by atoms with van der Waals surface area (Å²) in [6.45, 7) is 2.59. The van der Waals surface area contributed by atoms with Crippen molar-refractivity contribution in [3.63, 3.8) is 0 Å². The molecule has 0 heterocycles. The average molecular weight is 242 g/mol. The van der Waals surface area contributed by atoms with Crippen LogP contribution in [0.4, 0.5) is 15.8 Å². The van der Waals surface area contributed by atoms with Gasteiger partial charge in [0.15, 0.2) is 0 Å². The van der Waals surface area contributed by atoms with E-state index in [-0.39, 0.29) is 12.3 Å². The molecule has 1 rings (SSSR count). The minimum atomic E-state index is -1.36. The molecule has 0 bridgehead atoms. The molecule has 0 atom stereocenters. The fraction of sp³-hybridized carbons (Fsp3) is 0.364. The molecule has 17 heavy (non-hydrogen) atoms. The maximum atomic E-state index is 13.5. The first-order valence-corrected chi connectivity index (χ1v) is 5.19. The summed E-state index contributed by atoms with van der Waals surface area (Å²) in [4.78, 5) is 12.4. The third-order valence-corrected chi connectivity index (χ3v) is 2.44. The van der Waals surface area contributed by atoms with E-state index < -0.39 is 17.3 Å². The van der Waals surface area contributed by atoms with Gasteiger partial charge in [-0.25, -0.2) is 9.18 Å². The Labute approximate surface area is 98.3 Å². The summed E-state index contributed by atoms with van der Waals surface area (Å²) in [5, 5.41) is 17.6. The molecule has 0 unspecified atom stereocenters. The van der Waals surface area contributed by atoms with Crippen molar-refractivity contribution in [3.8, 4) is 0 Å². The van der Waals surface area contributed by atoms with E-state index in [9.17, 15) is 9.18 Å². The molecule has 0 spiro atoms. The second-order valence-corrected chi connectivity index (χ2v) is 3.50. The molecule has 94 valence electrons. The Hall–Kier alpha value is -1.82. The maximum Gasteiger partial charge on any atom is 0.338 e. The third kappa shape index (κ3) is 2.85. The minimum absolute atomic E-state index is 0.0877. The number of carboxylic acid groups (broad SMARTS) is 1. The smallest absolute Gasteiger partial charge is 0.338 e. The van der Waals surface area contributed by atoms with Crippen molar-refractivity contribution >= 4 is 17.3 Å². The molecule has 0 saturated heterocycles. The molecule has 0 radical (unpaired) electrons. The van der Waals surface area contributed by atoms with Crippen LogP contribution in [0.3, 0.4) is 0 Å². The summed E-state index contributed by atoms with van der Waals surface area (Å²) in [5.74, 6) is -2.19. The van der Waals surface area contributed by atoms with Crippen LogP contribution in [-0.4, -0.2) is 35.9 Å². The number of nitrogens with two attached hydrogens (primary N) is 1. The highest BCUT2D eigenvalue weighted by atomic mass is 19.1. The number of anilines is 2. The monoisotopic (exact) mass is 242 g/mol. The van der Waals surface area contributed by atoms with E-state index in [1.54, 1.807) is 4.90 Å². The zero-order valence-electron chi connectivity index (χ0n) is 9.48. The van der Waals surface area contributed by atoms with Gasteiger partial charge in [0.2, 0.25) is 0 Å². The lowest BCUT2D eigenvalue weighted by Crippen LogP contribution is -2.27. The fourth-order valence-corrected chi connectivity index (χ4v) is 1.59. The number of aliphatic hydroxyl groups is 1. The Bertz CT molecular complexity index is 423. The highest BCUT2D eigenvalue weighted by molar-refractivity contribution is 5.90. The van der Waals surface area contributed by atoms with Crippen LogP contribution in [0.15, 0.2) is 12.1 Å². The number of halogens is 1. The normalized spacial score (nSPS) is 10.3. The van der Waals surface area contributed by atoms with Crippen molar-refractivity contribution < 1.29 is 19.4 Å². The molecule has 1 aromatic rings. The van der Waals surface area contributed by atoms with Gasteiger partial charge in [0.25, 0.3) is 0 Å². The Morgan fingerprint density at radius 1 is 1.53 bits per heavy atom. The largest absolute Gasteiger partial charge is 0.478 e. The molecule has 0 aliphatic heterocycles. The summed E-state index contributed by atoms with van der Waals surface area (Å²) in [6, 6.07) is 2.17. The maximum absolute atomic E-state index is 13.5. The molecule has 6 heteroatoms. The zero-order valence-corrected chi connectivity index (χ0v) is 9.48. The summed E-state index contributed by atoms with van der Waals surface area (Å²) in [7, 11) is 0. The predicted molar refractivity (Wildman–Crippen MR) is 62.7 cm³/mol. The van der Waals surface area contributed by atoms with Gasteiger partial charge in [0.1, 0.15) is 5.82 Å². The molecule has 0 amide bonds. The summed E-state index contributed by atoms with van der Waals surface area (Å²) in [5.41, 5.74) is 5.80. The summed E-state index contributed by atoms with van der Waals surface area (Å²) >= 11 is 0. The van der Waals surface area contributed by atoms with E-state index in [0.29, 0.717) is 18.8 Å². The molecular weight excluding hydrogens is 227 g/mol. The quantitative estimate of drug-likeness (QED) is 0.668. The molecule has 0 aliphatic carbocycles. The number of hydrogen-bond acceptors (Lipinski definition) is 4. The third-order valence-electron chi connectivity index (χ3n) is 2.44. The van der Waals surface area contributed by atoms with E-state index in [4.69, 9.17) is 15.9 Å². The van der Waals surface area contributed by atoms with Crippen LogP contribution in [-0.2, 0) is 0 Å². The number of benzene rings is 1. The second-order valence-electron chi connectivity index (χ2n) is 3.50. The number of carboxylic acids is 1. The topological polar surface area (TPSA) is 86.8 Å². The number of nitrogen functional groups attached to an aromatic ring is 1. The lowest BCUT2D eigenvalue weighted by Gasteiger charge is -2.24. The molecular formula is C11H15FN2O3. The Morgan fingerprint density at radius 2 is 2.18 bits per heavy atom. The molecule has 5 nitrogen and oxygen atoms in total. The van der Waals surface area contributed by atoms with Crippen molar-refractivity contribution in [1.82, 2.24) is 0 Å². The van der Waals surface area contributed by atoms with Gasteiger partial charge in [-0.1, -0.05) is 0 Å². The molecule has 4 N–H and O–H groups in total. The molecule has 0 fully saturated rings. The lowest BCUT2D eigenvalue weighted by atomic mass is 10.1. The number of rotatable bonds is 5.